The van der Waals surface area contributed by atoms with Crippen LogP contribution in [0.3, 0.4) is 0 Å². The Morgan fingerprint density at radius 1 is 1.46 bits per heavy atom. The zero-order valence-electron chi connectivity index (χ0n) is 15.3. The highest BCUT2D eigenvalue weighted by Crippen LogP contribution is 2.35. The van der Waals surface area contributed by atoms with Gasteiger partial charge in [-0.15, -0.1) is 0 Å². The number of nitrogens with zero attached hydrogens (tertiary/aromatic N) is 3. The summed E-state index contributed by atoms with van der Waals surface area (Å²) in [5, 5.41) is 19.4. The third-order valence-corrected chi connectivity index (χ3v) is 7.40. The van der Waals surface area contributed by atoms with Gasteiger partial charge in [-0.05, 0) is 37.0 Å². The maximum absolute atomic E-state index is 13.0. The monoisotopic (exact) mass is 417 g/mol. The second-order valence-electron chi connectivity index (χ2n) is 7.35. The summed E-state index contributed by atoms with van der Waals surface area (Å²) < 4.78 is 14.7. The fraction of sp³-hybridized carbons (Fsp3) is 0.421. The average Bonchev–Trinajstić information content (AvgIpc) is 3.07. The van der Waals surface area contributed by atoms with Crippen molar-refractivity contribution in [3.05, 3.63) is 35.6 Å². The average molecular weight is 418 g/mol. The predicted octanol–water partition coefficient (Wildman–Crippen LogP) is 1.75. The molecule has 2 unspecified atom stereocenters. The van der Waals surface area contributed by atoms with E-state index in [0.29, 0.717) is 35.7 Å². The molecule has 1 saturated heterocycles. The van der Waals surface area contributed by atoms with E-state index in [2.05, 4.69) is 21.8 Å². The van der Waals surface area contributed by atoms with Gasteiger partial charge in [0.15, 0.2) is 0 Å². The van der Waals surface area contributed by atoms with Crippen LogP contribution in [0.25, 0.3) is 11.1 Å². The van der Waals surface area contributed by atoms with Gasteiger partial charge in [0.25, 0.3) is 0 Å². The number of carbonyl (C=O) groups excluding carboxylic acids is 1. The van der Waals surface area contributed by atoms with Crippen LogP contribution in [0.5, 0.6) is 0 Å². The Balaban J connectivity index is 1.43. The molecule has 0 spiro atoms. The van der Waals surface area contributed by atoms with Crippen LogP contribution in [0.2, 0.25) is 5.02 Å². The van der Waals surface area contributed by atoms with Crippen LogP contribution in [0.15, 0.2) is 35.5 Å². The van der Waals surface area contributed by atoms with Crippen molar-refractivity contribution in [2.24, 2.45) is 7.05 Å². The number of benzene rings is 1. The van der Waals surface area contributed by atoms with Crippen molar-refractivity contribution >= 4 is 28.3 Å². The molecule has 2 fully saturated rings. The minimum absolute atomic E-state index is 0.198. The molecule has 2 N–H and O–H groups in total. The van der Waals surface area contributed by atoms with Crippen LogP contribution in [-0.2, 0) is 22.6 Å². The molecule has 1 aliphatic heterocycles. The number of amides is 1. The molecule has 1 amide bonds. The summed E-state index contributed by atoms with van der Waals surface area (Å²) in [6.45, 7) is 0.463. The van der Waals surface area contributed by atoms with Crippen molar-refractivity contribution in [2.45, 2.75) is 41.0 Å². The first kappa shape index (κ1) is 19.1. The Morgan fingerprint density at radius 2 is 2.25 bits per heavy atom. The molecule has 1 aromatic heterocycles. The Bertz CT molecular complexity index is 994. The first-order valence-electron chi connectivity index (χ1n) is 9.06. The smallest absolute Gasteiger partial charge is 0.238 e. The van der Waals surface area contributed by atoms with E-state index in [1.807, 2.05) is 19.3 Å². The number of nitrogens with one attached hydrogen (secondary N) is 2. The van der Waals surface area contributed by atoms with Crippen molar-refractivity contribution in [3.63, 3.8) is 0 Å². The quantitative estimate of drug-likeness (QED) is 0.772. The summed E-state index contributed by atoms with van der Waals surface area (Å²) in [6.07, 6.45) is 5.47. The van der Waals surface area contributed by atoms with Gasteiger partial charge in [-0.1, -0.05) is 17.7 Å². The van der Waals surface area contributed by atoms with Gasteiger partial charge in [0.05, 0.1) is 44.3 Å². The second-order valence-corrected chi connectivity index (χ2v) is 9.46. The maximum atomic E-state index is 13.0. The number of nitriles is 1. The zero-order chi connectivity index (χ0) is 19.9. The molecule has 0 bridgehead atoms. The Hall–Kier alpha value is -2.21. The SMILES string of the molecule is Cn1cc(-c2ccc(S(=O)C3CN[C@H](C(=O)NC4(C#N)CC4)C3)c(Cl)c2)cn1. The first-order chi connectivity index (χ1) is 13.4. The fourth-order valence-electron chi connectivity index (χ4n) is 3.37. The summed E-state index contributed by atoms with van der Waals surface area (Å²) in [5.41, 5.74) is 1.15. The number of hydrogen-bond donors (Lipinski definition) is 2. The van der Waals surface area contributed by atoms with Crippen molar-refractivity contribution in [1.82, 2.24) is 20.4 Å². The molecular formula is C19H20ClN5O2S. The molecular weight excluding hydrogens is 398 g/mol. The van der Waals surface area contributed by atoms with Gasteiger partial charge in [0, 0.05) is 25.4 Å². The topological polar surface area (TPSA) is 99.8 Å². The standard InChI is InChI=1S/C19H20ClN5O2S/c1-25-10-13(8-23-25)12-2-3-17(15(20)6-12)28(27)14-7-16(22-9-14)18(26)24-19(11-21)4-5-19/h2-3,6,8,10,14,16,22H,4-5,7,9H2,1H3,(H,24,26)/t14?,16-,28?/m0/s1. The van der Waals surface area contributed by atoms with Crippen molar-refractivity contribution in [2.75, 3.05) is 6.54 Å². The Morgan fingerprint density at radius 3 is 2.86 bits per heavy atom. The number of carbonyl (C=O) groups is 1. The van der Waals surface area contributed by atoms with Gasteiger partial charge in [0.1, 0.15) is 5.54 Å². The van der Waals surface area contributed by atoms with E-state index in [-0.39, 0.29) is 11.2 Å². The molecule has 9 heteroatoms. The highest BCUT2D eigenvalue weighted by molar-refractivity contribution is 7.85. The van der Waals surface area contributed by atoms with E-state index < -0.39 is 22.4 Å². The van der Waals surface area contributed by atoms with Crippen molar-refractivity contribution < 1.29 is 9.00 Å². The van der Waals surface area contributed by atoms with Crippen LogP contribution < -0.4 is 10.6 Å². The second kappa shape index (κ2) is 7.32. The molecule has 1 aliphatic carbocycles. The molecule has 3 atom stereocenters. The van der Waals surface area contributed by atoms with Gasteiger partial charge in [-0.3, -0.25) is 13.7 Å². The minimum atomic E-state index is -1.34. The maximum Gasteiger partial charge on any atom is 0.238 e. The van der Waals surface area contributed by atoms with Crippen LogP contribution in [0, 0.1) is 11.3 Å². The minimum Gasteiger partial charge on any atom is -0.336 e. The van der Waals surface area contributed by atoms with Gasteiger partial charge in [-0.25, -0.2) is 0 Å². The number of halogens is 1. The molecule has 2 aliphatic rings. The summed E-state index contributed by atoms with van der Waals surface area (Å²) in [5.74, 6) is -0.198. The highest BCUT2D eigenvalue weighted by Gasteiger charge is 2.46. The van der Waals surface area contributed by atoms with Gasteiger partial charge >= 0.3 is 0 Å². The van der Waals surface area contributed by atoms with E-state index in [1.54, 1.807) is 23.0 Å². The molecule has 1 aromatic carbocycles. The lowest BCUT2D eigenvalue weighted by Gasteiger charge is -2.14. The van der Waals surface area contributed by atoms with Gasteiger partial charge in [0.2, 0.25) is 5.91 Å². The highest BCUT2D eigenvalue weighted by atomic mass is 35.5. The number of rotatable bonds is 5. The van der Waals surface area contributed by atoms with E-state index >= 15 is 0 Å². The number of aromatic nitrogens is 2. The third-order valence-electron chi connectivity index (χ3n) is 5.22. The summed E-state index contributed by atoms with van der Waals surface area (Å²) in [4.78, 5) is 12.9. The third kappa shape index (κ3) is 3.70. The summed E-state index contributed by atoms with van der Waals surface area (Å²) in [7, 11) is 0.507. The van der Waals surface area contributed by atoms with Gasteiger partial charge < -0.3 is 10.6 Å². The van der Waals surface area contributed by atoms with E-state index in [9.17, 15) is 9.00 Å². The fourth-order valence-corrected chi connectivity index (χ4v) is 5.21. The Kier molecular flexibility index (Phi) is 5.00. The van der Waals surface area contributed by atoms with E-state index in [0.717, 1.165) is 11.1 Å². The van der Waals surface area contributed by atoms with E-state index in [4.69, 9.17) is 16.9 Å². The largest absolute Gasteiger partial charge is 0.336 e. The molecule has 4 rings (SSSR count). The molecule has 146 valence electrons. The van der Waals surface area contributed by atoms with Crippen LogP contribution in [0.4, 0.5) is 0 Å². The Labute approximate surface area is 170 Å². The molecule has 2 aromatic rings. The predicted molar refractivity (Wildman–Crippen MR) is 106 cm³/mol. The van der Waals surface area contributed by atoms with Crippen LogP contribution in [0.1, 0.15) is 19.3 Å². The lowest BCUT2D eigenvalue weighted by Crippen LogP contribution is -2.45. The molecule has 0 radical (unpaired) electrons. The molecule has 1 saturated carbocycles. The first-order valence-corrected chi connectivity index (χ1v) is 10.7. The van der Waals surface area contributed by atoms with Gasteiger partial charge in [-0.2, -0.15) is 10.4 Å². The van der Waals surface area contributed by atoms with Crippen molar-refractivity contribution in [3.8, 4) is 17.2 Å². The molecule has 28 heavy (non-hydrogen) atoms. The van der Waals surface area contributed by atoms with E-state index in [1.165, 1.54) is 0 Å². The zero-order valence-corrected chi connectivity index (χ0v) is 16.9. The lowest BCUT2D eigenvalue weighted by atomic mass is 10.1. The molecule has 7 nitrogen and oxygen atoms in total. The normalized spacial score (nSPS) is 23.8. The lowest BCUT2D eigenvalue weighted by molar-refractivity contribution is -0.123. The van der Waals surface area contributed by atoms with Crippen LogP contribution in [-0.4, -0.2) is 43.3 Å². The van der Waals surface area contributed by atoms with Crippen molar-refractivity contribution in [1.29, 1.82) is 5.26 Å². The molecule has 2 heterocycles. The summed E-state index contributed by atoms with van der Waals surface area (Å²) >= 11 is 6.42. The summed E-state index contributed by atoms with van der Waals surface area (Å²) in [6, 6.07) is 7.17. The number of aryl methyl sites for hydroxylation is 1. The number of hydrogen-bond acceptors (Lipinski definition) is 5. The van der Waals surface area contributed by atoms with Crippen LogP contribution >= 0.6 is 11.6 Å².